The first kappa shape index (κ1) is 13.8. The summed E-state index contributed by atoms with van der Waals surface area (Å²) in [6.45, 7) is 1.23. The summed E-state index contributed by atoms with van der Waals surface area (Å²) in [4.78, 5) is 0. The Labute approximate surface area is 85.2 Å². The van der Waals surface area contributed by atoms with Crippen LogP contribution in [-0.2, 0) is 0 Å². The van der Waals surface area contributed by atoms with Gasteiger partial charge in [0.05, 0.1) is 13.2 Å². The SMILES string of the molecule is CCC(CCCCO)C(O)(CO)CO. The largest absolute Gasteiger partial charge is 0.396 e. The van der Waals surface area contributed by atoms with E-state index < -0.39 is 18.8 Å². The van der Waals surface area contributed by atoms with Crippen molar-refractivity contribution < 1.29 is 20.4 Å². The van der Waals surface area contributed by atoms with E-state index in [2.05, 4.69) is 0 Å². The molecule has 4 N–H and O–H groups in total. The van der Waals surface area contributed by atoms with E-state index in [0.29, 0.717) is 19.3 Å². The number of unbranched alkanes of at least 4 members (excludes halogenated alkanes) is 1. The van der Waals surface area contributed by atoms with E-state index in [1.807, 2.05) is 6.92 Å². The molecule has 4 heteroatoms. The molecule has 14 heavy (non-hydrogen) atoms. The van der Waals surface area contributed by atoms with Crippen LogP contribution in [0.5, 0.6) is 0 Å². The Hall–Kier alpha value is -0.160. The maximum Gasteiger partial charge on any atom is 0.113 e. The second kappa shape index (κ2) is 7.17. The van der Waals surface area contributed by atoms with Crippen molar-refractivity contribution in [2.24, 2.45) is 5.92 Å². The van der Waals surface area contributed by atoms with Crippen molar-refractivity contribution in [1.29, 1.82) is 0 Å². The average Bonchev–Trinajstić information content (AvgIpc) is 2.23. The fourth-order valence-corrected chi connectivity index (χ4v) is 1.66. The minimum absolute atomic E-state index is 0.107. The highest BCUT2D eigenvalue weighted by Gasteiger charge is 2.33. The van der Waals surface area contributed by atoms with Gasteiger partial charge >= 0.3 is 0 Å². The molecule has 0 spiro atoms. The Kier molecular flexibility index (Phi) is 7.09. The highest BCUT2D eigenvalue weighted by Crippen LogP contribution is 2.25. The summed E-state index contributed by atoms with van der Waals surface area (Å²) in [5.74, 6) is -0.107. The lowest BCUT2D eigenvalue weighted by molar-refractivity contribution is -0.0994. The lowest BCUT2D eigenvalue weighted by atomic mass is 9.83. The molecule has 0 aromatic carbocycles. The number of aliphatic hydroxyl groups is 4. The third-order valence-electron chi connectivity index (χ3n) is 2.76. The zero-order chi connectivity index (χ0) is 11.0. The summed E-state index contributed by atoms with van der Waals surface area (Å²) in [7, 11) is 0. The molecule has 0 aliphatic rings. The van der Waals surface area contributed by atoms with Crippen LogP contribution in [0.25, 0.3) is 0 Å². The number of rotatable bonds is 8. The molecule has 4 nitrogen and oxygen atoms in total. The summed E-state index contributed by atoms with van der Waals surface area (Å²) in [6.07, 6.45) is 2.93. The van der Waals surface area contributed by atoms with Crippen molar-refractivity contribution in [3.8, 4) is 0 Å². The minimum Gasteiger partial charge on any atom is -0.396 e. The summed E-state index contributed by atoms with van der Waals surface area (Å²) in [6, 6.07) is 0. The van der Waals surface area contributed by atoms with Crippen LogP contribution in [0.4, 0.5) is 0 Å². The van der Waals surface area contributed by atoms with E-state index in [1.165, 1.54) is 0 Å². The molecule has 0 rings (SSSR count). The van der Waals surface area contributed by atoms with Crippen LogP contribution in [0.2, 0.25) is 0 Å². The summed E-state index contributed by atoms with van der Waals surface area (Å²) in [5.41, 5.74) is -1.37. The molecule has 0 radical (unpaired) electrons. The van der Waals surface area contributed by atoms with Gasteiger partial charge in [0, 0.05) is 6.61 Å². The molecule has 0 heterocycles. The topological polar surface area (TPSA) is 80.9 Å². The van der Waals surface area contributed by atoms with Crippen molar-refractivity contribution in [2.45, 2.75) is 38.2 Å². The van der Waals surface area contributed by atoms with Crippen LogP contribution in [0, 0.1) is 5.92 Å². The van der Waals surface area contributed by atoms with Gasteiger partial charge in [-0.05, 0) is 18.8 Å². The Balaban J connectivity index is 4.08. The molecule has 0 aliphatic heterocycles. The van der Waals surface area contributed by atoms with Crippen molar-refractivity contribution in [3.05, 3.63) is 0 Å². The van der Waals surface area contributed by atoms with Gasteiger partial charge < -0.3 is 20.4 Å². The van der Waals surface area contributed by atoms with Gasteiger partial charge in [-0.25, -0.2) is 0 Å². The van der Waals surface area contributed by atoms with Crippen LogP contribution in [0.3, 0.4) is 0 Å². The maximum atomic E-state index is 9.83. The first-order valence-electron chi connectivity index (χ1n) is 5.19. The van der Waals surface area contributed by atoms with E-state index in [-0.39, 0.29) is 12.5 Å². The second-order valence-corrected chi connectivity index (χ2v) is 3.74. The molecule has 0 saturated heterocycles. The summed E-state index contributed by atoms with van der Waals surface area (Å²) < 4.78 is 0. The molecule has 0 amide bonds. The van der Waals surface area contributed by atoms with Crippen LogP contribution in [0.15, 0.2) is 0 Å². The Morgan fingerprint density at radius 2 is 1.64 bits per heavy atom. The van der Waals surface area contributed by atoms with Crippen molar-refractivity contribution in [1.82, 2.24) is 0 Å². The van der Waals surface area contributed by atoms with Crippen LogP contribution < -0.4 is 0 Å². The van der Waals surface area contributed by atoms with Gasteiger partial charge in [-0.3, -0.25) is 0 Å². The molecule has 0 fully saturated rings. The van der Waals surface area contributed by atoms with Crippen LogP contribution >= 0.6 is 0 Å². The number of aliphatic hydroxyl groups excluding tert-OH is 3. The Morgan fingerprint density at radius 1 is 1.07 bits per heavy atom. The normalized spacial score (nSPS) is 14.4. The second-order valence-electron chi connectivity index (χ2n) is 3.74. The fourth-order valence-electron chi connectivity index (χ4n) is 1.66. The molecule has 0 bridgehead atoms. The van der Waals surface area contributed by atoms with Gasteiger partial charge in [0.25, 0.3) is 0 Å². The van der Waals surface area contributed by atoms with Gasteiger partial charge in [-0.1, -0.05) is 19.8 Å². The van der Waals surface area contributed by atoms with Gasteiger partial charge in [-0.2, -0.15) is 0 Å². The third-order valence-corrected chi connectivity index (χ3v) is 2.76. The van der Waals surface area contributed by atoms with Gasteiger partial charge in [0.2, 0.25) is 0 Å². The number of hydrogen-bond acceptors (Lipinski definition) is 4. The zero-order valence-electron chi connectivity index (χ0n) is 8.82. The Morgan fingerprint density at radius 3 is 2.00 bits per heavy atom. The fraction of sp³-hybridized carbons (Fsp3) is 1.00. The van der Waals surface area contributed by atoms with E-state index >= 15 is 0 Å². The maximum absolute atomic E-state index is 9.83. The molecule has 0 saturated carbocycles. The highest BCUT2D eigenvalue weighted by atomic mass is 16.4. The van der Waals surface area contributed by atoms with Crippen molar-refractivity contribution in [3.63, 3.8) is 0 Å². The summed E-state index contributed by atoms with van der Waals surface area (Å²) >= 11 is 0. The number of hydrogen-bond donors (Lipinski definition) is 4. The molecule has 1 atom stereocenters. The zero-order valence-corrected chi connectivity index (χ0v) is 8.82. The monoisotopic (exact) mass is 206 g/mol. The minimum atomic E-state index is -1.37. The van der Waals surface area contributed by atoms with Gasteiger partial charge in [-0.15, -0.1) is 0 Å². The van der Waals surface area contributed by atoms with Crippen molar-refractivity contribution in [2.75, 3.05) is 19.8 Å². The predicted octanol–water partition coefficient (Wildman–Crippen LogP) is -0.109. The van der Waals surface area contributed by atoms with E-state index in [1.54, 1.807) is 0 Å². The van der Waals surface area contributed by atoms with E-state index in [9.17, 15) is 5.11 Å². The Bertz CT molecular complexity index is 134. The predicted molar refractivity (Wildman–Crippen MR) is 53.8 cm³/mol. The first-order chi connectivity index (χ1) is 6.64. The first-order valence-corrected chi connectivity index (χ1v) is 5.19. The van der Waals surface area contributed by atoms with Crippen molar-refractivity contribution >= 4 is 0 Å². The molecule has 0 aromatic heterocycles. The van der Waals surface area contributed by atoms with E-state index in [4.69, 9.17) is 15.3 Å². The van der Waals surface area contributed by atoms with E-state index in [0.717, 1.165) is 6.42 Å². The lowest BCUT2D eigenvalue weighted by Crippen LogP contribution is -2.45. The van der Waals surface area contributed by atoms with Crippen LogP contribution in [0.1, 0.15) is 32.6 Å². The third kappa shape index (κ3) is 3.92. The average molecular weight is 206 g/mol. The standard InChI is InChI=1S/C10H22O4/c1-2-9(5-3-4-6-11)10(14,7-12)8-13/h9,11-14H,2-8H2,1H3. The smallest absolute Gasteiger partial charge is 0.113 e. The van der Waals surface area contributed by atoms with Gasteiger partial charge in [0.15, 0.2) is 0 Å². The molecule has 86 valence electrons. The molecule has 0 aliphatic carbocycles. The molecular weight excluding hydrogens is 184 g/mol. The molecule has 0 aromatic rings. The lowest BCUT2D eigenvalue weighted by Gasteiger charge is -2.32. The highest BCUT2D eigenvalue weighted by molar-refractivity contribution is 4.84. The quantitative estimate of drug-likeness (QED) is 0.418. The molecular formula is C10H22O4. The molecule has 1 unspecified atom stereocenters. The van der Waals surface area contributed by atoms with Gasteiger partial charge in [0.1, 0.15) is 5.60 Å². The van der Waals surface area contributed by atoms with Crippen LogP contribution in [-0.4, -0.2) is 45.8 Å². The summed E-state index contributed by atoms with van der Waals surface area (Å²) in [5, 5.41) is 36.4.